The van der Waals surface area contributed by atoms with E-state index in [1.807, 2.05) is 18.2 Å². The normalized spacial score (nSPS) is 29.2. The monoisotopic (exact) mass is 1200 g/mol. The number of aliphatic hydroxyl groups excluding tert-OH is 2. The van der Waals surface area contributed by atoms with Crippen LogP contribution in [0.1, 0.15) is 108 Å². The molecule has 0 amide bonds. The highest BCUT2D eigenvalue weighted by Gasteiger charge is 2.75. The number of benzene rings is 4. The zero-order valence-electron chi connectivity index (χ0n) is 44.4. The van der Waals surface area contributed by atoms with E-state index in [4.69, 9.17) is 32.7 Å². The van der Waals surface area contributed by atoms with Crippen LogP contribution < -0.4 is 0 Å². The summed E-state index contributed by atoms with van der Waals surface area (Å²) in [7, 11) is -3.27. The molecule has 16 heteroatoms. The molecule has 0 bridgehead atoms. The fourth-order valence-electron chi connectivity index (χ4n) is 13.3. The van der Waals surface area contributed by atoms with Crippen LogP contribution in [0.2, 0.25) is 5.02 Å². The summed E-state index contributed by atoms with van der Waals surface area (Å²) in [5.74, 6) is 0.0274. The second kappa shape index (κ2) is 25.7. The van der Waals surface area contributed by atoms with Gasteiger partial charge in [-0.25, -0.2) is 8.42 Å². The van der Waals surface area contributed by atoms with Crippen LogP contribution >= 0.6 is 63.9 Å². The average Bonchev–Trinajstić information content (AvgIpc) is 3.95. The summed E-state index contributed by atoms with van der Waals surface area (Å²) in [4.78, 5) is 30.6. The van der Waals surface area contributed by atoms with Crippen LogP contribution in [0.25, 0.3) is 0 Å². The first-order chi connectivity index (χ1) is 35.2. The van der Waals surface area contributed by atoms with E-state index in [1.54, 1.807) is 24.3 Å². The lowest BCUT2D eigenvalue weighted by Gasteiger charge is -2.59. The molecule has 414 valence electrons. The van der Waals surface area contributed by atoms with Gasteiger partial charge in [-0.05, 0) is 120 Å². The molecule has 4 aromatic rings. The number of allylic oxidation sites excluding steroid dienone is 4. The molecule has 0 radical (unpaired) electrons. The summed E-state index contributed by atoms with van der Waals surface area (Å²) < 4.78 is 35.8. The quantitative estimate of drug-likeness (QED) is 0.140. The van der Waals surface area contributed by atoms with E-state index >= 15 is 0 Å². The first-order valence-electron chi connectivity index (χ1n) is 26.2. The van der Waals surface area contributed by atoms with Crippen LogP contribution in [0.3, 0.4) is 0 Å². The van der Waals surface area contributed by atoms with Gasteiger partial charge in [-0.2, -0.15) is 0 Å². The van der Waals surface area contributed by atoms with Crippen LogP contribution in [0.5, 0.6) is 0 Å². The van der Waals surface area contributed by atoms with Gasteiger partial charge >= 0.3 is 0 Å². The number of carbonyl (C=O) groups excluding carboxylic acids is 2. The van der Waals surface area contributed by atoms with E-state index in [0.29, 0.717) is 19.3 Å². The Morgan fingerprint density at radius 3 is 2.13 bits per heavy atom. The number of hydrogen-bond donors (Lipinski definition) is 2. The van der Waals surface area contributed by atoms with Gasteiger partial charge in [0, 0.05) is 59.0 Å². The van der Waals surface area contributed by atoms with Crippen molar-refractivity contribution in [1.82, 2.24) is 9.80 Å². The lowest BCUT2D eigenvalue weighted by molar-refractivity contribution is -0.200. The molecule has 1 unspecified atom stereocenters. The molecule has 4 aliphatic carbocycles. The number of hydrogen-bond acceptors (Lipinski definition) is 10. The first-order valence-corrected chi connectivity index (χ1v) is 29.5. The molecule has 0 aromatic heterocycles. The fourth-order valence-corrected chi connectivity index (χ4v) is 14.7. The van der Waals surface area contributed by atoms with Crippen LogP contribution in [-0.4, -0.2) is 102 Å². The van der Waals surface area contributed by atoms with Crippen LogP contribution in [-0.2, 0) is 40.9 Å². The number of alkyl halides is 1. The van der Waals surface area contributed by atoms with E-state index in [1.165, 1.54) is 34.4 Å². The molecular formula is C60H75BrCl4N2O8S. The summed E-state index contributed by atoms with van der Waals surface area (Å²) in [6, 6.07) is 35.0. The van der Waals surface area contributed by atoms with Crippen molar-refractivity contribution in [1.29, 1.82) is 0 Å². The maximum absolute atomic E-state index is 13.2. The van der Waals surface area contributed by atoms with E-state index in [9.17, 15) is 28.2 Å². The van der Waals surface area contributed by atoms with Crippen LogP contribution in [0.15, 0.2) is 136 Å². The minimum absolute atomic E-state index is 0. The SMILES string of the molecule is CC(C)(C)c1ccc(CN2CCN(C(c3ccccc3)c3ccc(Cl)cc3)CC2)cc1.CCC[C@@H]1O[C@@H]2C[C@H]3[C@@H]4CCC5=CC(=O)C=C[C@]5(C)[C@H]4[C@@H](O)C[C@]3(C)[C@]2(C(=O)CO)O1.Cl.Cl.O=S(=O)(CCl)c1ccc(Br)cc1. The molecule has 10 rings (SSSR count). The first kappa shape index (κ1) is 62.3. The maximum atomic E-state index is 13.2. The minimum Gasteiger partial charge on any atom is -0.393 e. The van der Waals surface area contributed by atoms with Gasteiger partial charge in [-0.1, -0.05) is 154 Å². The number of ether oxygens (including phenoxy) is 2. The van der Waals surface area contributed by atoms with Crippen molar-refractivity contribution in [3.8, 4) is 0 Å². The van der Waals surface area contributed by atoms with E-state index in [0.717, 1.165) is 67.1 Å². The molecule has 2 aliphatic heterocycles. The summed E-state index contributed by atoms with van der Waals surface area (Å²) >= 11 is 14.6. The standard InChI is InChI=1S/C28H33ClN2.C25H34O6.C7H6BrClO2S.2ClH/c1-28(2,3)25-13-9-22(10-14-25)21-30-17-19-31(20-18-30)27(23-7-5-4-6-8-23)24-11-15-26(29)16-12-24;1-4-5-21-30-20-11-17-16-7-6-14-10-15(27)8-9-23(14,2)22(16)18(28)12-24(17,3)25(20,31-21)19(29)13-26;8-6-1-3-7(4-2-6)12(10,11)5-9;;/h4-16,27H,17-21H2,1-3H3;8-10,16-18,20-22,26,28H,4-7,11-13H2,1-3H3;1-4H,5H2;2*1H/t;16-,17-,18-,20+,21+,22+,23-,24-,25+;;;/m.0.../s1. The van der Waals surface area contributed by atoms with Crippen molar-refractivity contribution < 1.29 is 37.7 Å². The third kappa shape index (κ3) is 12.8. The second-order valence-corrected chi connectivity index (χ2v) is 26.5. The van der Waals surface area contributed by atoms with Gasteiger partial charge in [0.2, 0.25) is 0 Å². The Morgan fingerprint density at radius 1 is 0.908 bits per heavy atom. The van der Waals surface area contributed by atoms with Crippen molar-refractivity contribution >= 4 is 85.3 Å². The summed E-state index contributed by atoms with van der Waals surface area (Å²) in [5, 5.41) is 21.8. The Labute approximate surface area is 481 Å². The van der Waals surface area contributed by atoms with Gasteiger partial charge < -0.3 is 19.7 Å². The number of aliphatic hydroxyl groups is 2. The number of carbonyl (C=O) groups is 2. The van der Waals surface area contributed by atoms with Crippen molar-refractivity contribution in [2.45, 2.75) is 127 Å². The number of piperazine rings is 1. The number of ketones is 2. The molecule has 4 aromatic carbocycles. The van der Waals surface area contributed by atoms with Gasteiger partial charge in [0.25, 0.3) is 0 Å². The highest BCUT2D eigenvalue weighted by atomic mass is 79.9. The molecule has 5 fully saturated rings. The number of rotatable bonds is 11. The predicted molar refractivity (Wildman–Crippen MR) is 311 cm³/mol. The maximum Gasteiger partial charge on any atom is 0.193 e. The number of fused-ring (bicyclic) bond motifs is 7. The average molecular weight is 1210 g/mol. The van der Waals surface area contributed by atoms with Gasteiger partial charge in [0.15, 0.2) is 33.3 Å². The number of nitrogens with zero attached hydrogens (tertiary/aromatic N) is 2. The van der Waals surface area contributed by atoms with Gasteiger partial charge in [-0.15, -0.1) is 36.4 Å². The molecule has 3 saturated carbocycles. The summed E-state index contributed by atoms with van der Waals surface area (Å²) in [6.45, 7) is 17.8. The molecule has 2 saturated heterocycles. The van der Waals surface area contributed by atoms with Crippen molar-refractivity contribution in [2.75, 3.05) is 38.0 Å². The van der Waals surface area contributed by atoms with Crippen molar-refractivity contribution in [3.05, 3.63) is 159 Å². The number of sulfone groups is 1. The number of Topliss-reactive ketones (excluding diaryl/α,β-unsaturated/α-hetero) is 1. The molecule has 0 spiro atoms. The smallest absolute Gasteiger partial charge is 0.193 e. The lowest BCUT2D eigenvalue weighted by atomic mass is 9.46. The molecule has 2 N–H and O–H groups in total. The van der Waals surface area contributed by atoms with Crippen molar-refractivity contribution in [2.24, 2.45) is 28.6 Å². The highest BCUT2D eigenvalue weighted by molar-refractivity contribution is 9.10. The second-order valence-electron chi connectivity index (χ2n) is 22.5. The largest absolute Gasteiger partial charge is 0.393 e. The Balaban J connectivity index is 0.000000199. The molecule has 76 heavy (non-hydrogen) atoms. The Hall–Kier alpha value is -2.95. The summed E-state index contributed by atoms with van der Waals surface area (Å²) in [6.07, 6.45) is 8.31. The predicted octanol–water partition coefficient (Wildman–Crippen LogP) is 12.5. The van der Waals surface area contributed by atoms with E-state index in [2.05, 4.69) is 134 Å². The lowest BCUT2D eigenvalue weighted by Crippen LogP contribution is -2.63. The van der Waals surface area contributed by atoms with Crippen LogP contribution in [0, 0.1) is 28.6 Å². The van der Waals surface area contributed by atoms with E-state index in [-0.39, 0.29) is 81.1 Å². The van der Waals surface area contributed by atoms with E-state index < -0.39 is 46.0 Å². The fraction of sp³-hybridized carbons (Fsp3) is 0.500. The van der Waals surface area contributed by atoms with Crippen molar-refractivity contribution in [3.63, 3.8) is 0 Å². The molecule has 10 nitrogen and oxygen atoms in total. The Kier molecular flexibility index (Phi) is 21.0. The summed E-state index contributed by atoms with van der Waals surface area (Å²) in [5.41, 5.74) is 4.61. The van der Waals surface area contributed by atoms with Gasteiger partial charge in [-0.3, -0.25) is 19.4 Å². The van der Waals surface area contributed by atoms with Crippen LogP contribution in [0.4, 0.5) is 0 Å². The zero-order valence-corrected chi connectivity index (χ0v) is 49.9. The Morgan fingerprint density at radius 2 is 1.54 bits per heavy atom. The minimum atomic E-state index is -3.27. The topological polar surface area (TPSA) is 134 Å². The third-order valence-electron chi connectivity index (χ3n) is 17.0. The highest BCUT2D eigenvalue weighted by Crippen LogP contribution is 2.69. The molecular weight excluding hydrogens is 1130 g/mol. The van der Waals surface area contributed by atoms with Gasteiger partial charge in [0.1, 0.15) is 11.8 Å². The number of halogens is 5. The Bertz CT molecular complexity index is 2770. The molecule has 10 atom stereocenters. The zero-order chi connectivity index (χ0) is 53.2. The van der Waals surface area contributed by atoms with Gasteiger partial charge in [0.05, 0.1) is 23.1 Å². The molecule has 6 aliphatic rings. The molecule has 2 heterocycles. The third-order valence-corrected chi connectivity index (χ3v) is 19.9.